The van der Waals surface area contributed by atoms with E-state index in [1.54, 1.807) is 14.4 Å². The average Bonchev–Trinajstić information content (AvgIpc) is 3.41. The van der Waals surface area contributed by atoms with E-state index >= 15 is 0 Å². The number of allylic oxidation sites excluding steroid dienone is 4. The molecule has 0 aromatic heterocycles. The molecule has 3 aliphatic carbocycles. The molecule has 132 valence electrons. The maximum atomic E-state index is 2.77. The topological polar surface area (TPSA) is 0 Å². The van der Waals surface area contributed by atoms with Crippen LogP contribution in [0.25, 0.3) is 11.1 Å². The second-order valence-electron chi connectivity index (χ2n) is 9.23. The molecule has 26 heavy (non-hydrogen) atoms. The van der Waals surface area contributed by atoms with Crippen LogP contribution in [0.15, 0.2) is 70.0 Å². The molecular formula is C25H28Zr. The molecule has 0 bridgehead atoms. The van der Waals surface area contributed by atoms with Gasteiger partial charge >= 0.3 is 159 Å². The third-order valence-corrected chi connectivity index (χ3v) is 25.9. The van der Waals surface area contributed by atoms with Gasteiger partial charge < -0.3 is 0 Å². The first kappa shape index (κ1) is 16.8. The Morgan fingerprint density at radius 1 is 0.808 bits per heavy atom. The van der Waals surface area contributed by atoms with Crippen molar-refractivity contribution < 1.29 is 18.3 Å². The van der Waals surface area contributed by atoms with E-state index in [1.165, 1.54) is 43.2 Å². The van der Waals surface area contributed by atoms with Crippen molar-refractivity contribution in [3.8, 4) is 11.1 Å². The molecular weight excluding hydrogens is 391 g/mol. The van der Waals surface area contributed by atoms with Gasteiger partial charge in [-0.15, -0.1) is 0 Å². The van der Waals surface area contributed by atoms with Crippen LogP contribution in [0.2, 0.25) is 9.26 Å². The fourth-order valence-corrected chi connectivity index (χ4v) is 23.1. The van der Waals surface area contributed by atoms with E-state index in [1.807, 2.05) is 3.21 Å². The van der Waals surface area contributed by atoms with Crippen LogP contribution in [0.1, 0.15) is 46.9 Å². The van der Waals surface area contributed by atoms with Crippen LogP contribution in [0.4, 0.5) is 0 Å². The Hall–Kier alpha value is -1.33. The molecule has 2 aromatic carbocycles. The zero-order chi connectivity index (χ0) is 17.8. The normalized spacial score (nSPS) is 19.7. The molecule has 0 radical (unpaired) electrons. The minimum absolute atomic E-state index is 0.614. The summed E-state index contributed by atoms with van der Waals surface area (Å²) >= 11 is -3.39. The van der Waals surface area contributed by atoms with Crippen molar-refractivity contribution >= 4 is 3.21 Å². The van der Waals surface area contributed by atoms with Gasteiger partial charge in [0.15, 0.2) is 0 Å². The third-order valence-electron chi connectivity index (χ3n) is 7.75. The van der Waals surface area contributed by atoms with Crippen LogP contribution >= 0.6 is 0 Å². The molecule has 0 unspecified atom stereocenters. The van der Waals surface area contributed by atoms with E-state index in [0.29, 0.717) is 3.63 Å². The Bertz CT molecular complexity index is 972. The van der Waals surface area contributed by atoms with Crippen molar-refractivity contribution in [1.82, 2.24) is 0 Å². The second-order valence-corrected chi connectivity index (χ2v) is 26.2. The first-order valence-electron chi connectivity index (χ1n) is 10.2. The minimum atomic E-state index is -3.39. The Morgan fingerprint density at radius 3 is 1.92 bits per heavy atom. The number of hydrogen-bond donors (Lipinski definition) is 0. The van der Waals surface area contributed by atoms with E-state index in [4.69, 9.17) is 0 Å². The molecule has 0 spiro atoms. The average molecular weight is 420 g/mol. The van der Waals surface area contributed by atoms with Gasteiger partial charge in [-0.3, -0.25) is 0 Å². The molecule has 0 amide bonds. The maximum absolute atomic E-state index is 3.39. The Balaban J connectivity index is 1.89. The molecule has 1 heteroatoms. The molecule has 0 saturated heterocycles. The zero-order valence-corrected chi connectivity index (χ0v) is 18.4. The summed E-state index contributed by atoms with van der Waals surface area (Å²) in [6.45, 7) is 0. The van der Waals surface area contributed by atoms with E-state index in [0.717, 1.165) is 0 Å². The number of benzene rings is 2. The van der Waals surface area contributed by atoms with Gasteiger partial charge in [0.1, 0.15) is 0 Å². The van der Waals surface area contributed by atoms with Crippen molar-refractivity contribution in [3.63, 3.8) is 0 Å². The molecule has 3 aliphatic rings. The van der Waals surface area contributed by atoms with Gasteiger partial charge in [-0.25, -0.2) is 0 Å². The summed E-state index contributed by atoms with van der Waals surface area (Å²) in [4.78, 5) is 0. The van der Waals surface area contributed by atoms with E-state index in [9.17, 15) is 0 Å². The summed E-state index contributed by atoms with van der Waals surface area (Å²) < 4.78 is 9.93. The van der Waals surface area contributed by atoms with Crippen LogP contribution in [0.3, 0.4) is 0 Å². The van der Waals surface area contributed by atoms with Crippen molar-refractivity contribution in [2.24, 2.45) is 0 Å². The van der Waals surface area contributed by atoms with E-state index < -0.39 is 18.3 Å². The standard InChI is InChI=1S/C13H9.C5H8.C5H5.2CH3.Zr/c1-3-7-12-10(5-1)9-11-6-2-4-8-13(11)12;2*1-2-4-5-3-1;;;/h1-9H;1-4H2;1-3H,4H2;2*1H3;. The van der Waals surface area contributed by atoms with Gasteiger partial charge in [0.25, 0.3) is 0 Å². The molecule has 0 aliphatic heterocycles. The first-order chi connectivity index (χ1) is 12.6. The Kier molecular flexibility index (Phi) is 3.77. The predicted octanol–water partition coefficient (Wildman–Crippen LogP) is 7.13. The van der Waals surface area contributed by atoms with Crippen molar-refractivity contribution in [2.75, 3.05) is 0 Å². The molecule has 0 N–H and O–H groups in total. The fourth-order valence-electron chi connectivity index (χ4n) is 6.29. The SMILES string of the molecule is [CH3][Zr]([CH3])([C]1=CC=CC1)(=[C]1CCCC1)[CH]1c2ccccc2-c2ccccc21. The van der Waals surface area contributed by atoms with Gasteiger partial charge in [0, 0.05) is 0 Å². The number of rotatable bonds is 2. The monoisotopic (exact) mass is 418 g/mol. The molecule has 5 rings (SSSR count). The summed E-state index contributed by atoms with van der Waals surface area (Å²) in [6.07, 6.45) is 13.9. The summed E-state index contributed by atoms with van der Waals surface area (Å²) in [5.74, 6) is 0. The van der Waals surface area contributed by atoms with Gasteiger partial charge in [-0.2, -0.15) is 0 Å². The zero-order valence-electron chi connectivity index (χ0n) is 16.0. The summed E-state index contributed by atoms with van der Waals surface area (Å²) in [6, 6.07) is 18.5. The quantitative estimate of drug-likeness (QED) is 0.485. The molecule has 2 aromatic rings. The van der Waals surface area contributed by atoms with Crippen LogP contribution in [0.5, 0.6) is 0 Å². The van der Waals surface area contributed by atoms with Crippen LogP contribution in [-0.4, -0.2) is 3.21 Å². The van der Waals surface area contributed by atoms with Gasteiger partial charge in [-0.1, -0.05) is 0 Å². The fraction of sp³-hybridized carbons (Fsp3) is 0.320. The van der Waals surface area contributed by atoms with Gasteiger partial charge in [-0.05, 0) is 0 Å². The number of hydrogen-bond acceptors (Lipinski definition) is 0. The van der Waals surface area contributed by atoms with Gasteiger partial charge in [0.05, 0.1) is 0 Å². The van der Waals surface area contributed by atoms with Gasteiger partial charge in [0.2, 0.25) is 0 Å². The molecule has 0 atom stereocenters. The molecule has 1 fully saturated rings. The van der Waals surface area contributed by atoms with Crippen LogP contribution in [-0.2, 0) is 18.3 Å². The second kappa shape index (κ2) is 5.83. The molecule has 1 saturated carbocycles. The number of fused-ring (bicyclic) bond motifs is 3. The summed E-state index contributed by atoms with van der Waals surface area (Å²) in [7, 11) is 0. The van der Waals surface area contributed by atoms with Crippen molar-refractivity contribution in [1.29, 1.82) is 0 Å². The third kappa shape index (κ3) is 2.13. The van der Waals surface area contributed by atoms with Crippen LogP contribution in [0, 0.1) is 0 Å². The van der Waals surface area contributed by atoms with Crippen LogP contribution < -0.4 is 0 Å². The predicted molar refractivity (Wildman–Crippen MR) is 111 cm³/mol. The van der Waals surface area contributed by atoms with E-state index in [-0.39, 0.29) is 0 Å². The van der Waals surface area contributed by atoms with Crippen molar-refractivity contribution in [3.05, 3.63) is 81.2 Å². The first-order valence-corrected chi connectivity index (χ1v) is 19.0. The summed E-state index contributed by atoms with van der Waals surface area (Å²) in [5.41, 5.74) is 6.19. The summed E-state index contributed by atoms with van der Waals surface area (Å²) in [5, 5.41) is 0. The van der Waals surface area contributed by atoms with E-state index in [2.05, 4.69) is 76.0 Å². The van der Waals surface area contributed by atoms with Crippen molar-refractivity contribution in [2.45, 2.75) is 45.0 Å². The molecule has 0 nitrogen and oxygen atoms in total. The Morgan fingerprint density at radius 2 is 1.38 bits per heavy atom. The molecule has 0 heterocycles. The Labute approximate surface area is 158 Å².